The lowest BCUT2D eigenvalue weighted by molar-refractivity contribution is 0.527. The third-order valence-electron chi connectivity index (χ3n) is 2.94. The lowest BCUT2D eigenvalue weighted by Crippen LogP contribution is -2.29. The van der Waals surface area contributed by atoms with E-state index in [0.717, 1.165) is 5.56 Å². The van der Waals surface area contributed by atoms with Gasteiger partial charge in [-0.25, -0.2) is 8.78 Å². The minimum atomic E-state index is -0.380. The Morgan fingerprint density at radius 1 is 1.11 bits per heavy atom. The molecule has 0 aliphatic rings. The number of hydrazine groups is 1. The van der Waals surface area contributed by atoms with Crippen molar-refractivity contribution >= 4 is 11.6 Å². The van der Waals surface area contributed by atoms with Crippen LogP contribution in [0.1, 0.15) is 17.2 Å². The van der Waals surface area contributed by atoms with Crippen molar-refractivity contribution in [2.45, 2.75) is 12.5 Å². The van der Waals surface area contributed by atoms with E-state index in [4.69, 9.17) is 17.4 Å². The number of hydrogen-bond donors (Lipinski definition) is 2. The largest absolute Gasteiger partial charge is 0.271 e. The molecule has 100 valence electrons. The highest BCUT2D eigenvalue weighted by atomic mass is 35.5. The van der Waals surface area contributed by atoms with Gasteiger partial charge in [-0.1, -0.05) is 29.8 Å². The summed E-state index contributed by atoms with van der Waals surface area (Å²) < 4.78 is 26.6. The fraction of sp³-hybridized carbons (Fsp3) is 0.143. The Hall–Kier alpha value is -1.49. The molecule has 0 saturated heterocycles. The lowest BCUT2D eigenvalue weighted by atomic mass is 9.99. The van der Waals surface area contributed by atoms with Crippen LogP contribution >= 0.6 is 11.6 Å². The summed E-state index contributed by atoms with van der Waals surface area (Å²) in [6.07, 6.45) is 0.285. The summed E-state index contributed by atoms with van der Waals surface area (Å²) in [4.78, 5) is 0. The Morgan fingerprint density at radius 2 is 1.79 bits per heavy atom. The first-order chi connectivity index (χ1) is 9.11. The van der Waals surface area contributed by atoms with Crippen LogP contribution in [0.3, 0.4) is 0 Å². The summed E-state index contributed by atoms with van der Waals surface area (Å²) in [5.41, 5.74) is 3.75. The summed E-state index contributed by atoms with van der Waals surface area (Å²) in [6, 6.07) is 10.1. The fourth-order valence-electron chi connectivity index (χ4n) is 1.90. The smallest absolute Gasteiger partial charge is 0.127 e. The average molecular weight is 283 g/mol. The average Bonchev–Trinajstić information content (AvgIpc) is 2.40. The second kappa shape index (κ2) is 6.10. The Balaban J connectivity index is 2.26. The molecule has 0 spiro atoms. The molecule has 2 aromatic carbocycles. The van der Waals surface area contributed by atoms with Gasteiger partial charge >= 0.3 is 0 Å². The number of benzene rings is 2. The Labute approximate surface area is 115 Å². The minimum absolute atomic E-state index is 0.285. The zero-order valence-electron chi connectivity index (χ0n) is 10.0. The zero-order chi connectivity index (χ0) is 13.8. The number of rotatable bonds is 4. The first-order valence-electron chi connectivity index (χ1n) is 5.76. The first-order valence-corrected chi connectivity index (χ1v) is 6.14. The van der Waals surface area contributed by atoms with E-state index < -0.39 is 0 Å². The van der Waals surface area contributed by atoms with Crippen molar-refractivity contribution in [3.05, 3.63) is 70.2 Å². The standard InChI is InChI=1S/C14H13ClF2N2/c15-12-2-1-3-13(17)11(12)8-14(19-18)9-4-6-10(16)7-5-9/h1-7,14,19H,8,18H2. The molecule has 1 unspecified atom stereocenters. The van der Waals surface area contributed by atoms with E-state index in [1.54, 1.807) is 24.3 Å². The monoisotopic (exact) mass is 282 g/mol. The van der Waals surface area contributed by atoms with Crippen molar-refractivity contribution in [3.8, 4) is 0 Å². The van der Waals surface area contributed by atoms with E-state index in [1.165, 1.54) is 18.2 Å². The molecule has 2 nitrogen and oxygen atoms in total. The molecule has 0 amide bonds. The van der Waals surface area contributed by atoms with Crippen LogP contribution in [0.4, 0.5) is 8.78 Å². The van der Waals surface area contributed by atoms with E-state index >= 15 is 0 Å². The highest BCUT2D eigenvalue weighted by Crippen LogP contribution is 2.25. The van der Waals surface area contributed by atoms with Crippen LogP contribution in [0.25, 0.3) is 0 Å². The van der Waals surface area contributed by atoms with Gasteiger partial charge < -0.3 is 0 Å². The van der Waals surface area contributed by atoms with Gasteiger partial charge in [0.1, 0.15) is 11.6 Å². The maximum Gasteiger partial charge on any atom is 0.127 e. The third-order valence-corrected chi connectivity index (χ3v) is 3.30. The van der Waals surface area contributed by atoms with Gasteiger partial charge in [0.25, 0.3) is 0 Å². The van der Waals surface area contributed by atoms with Gasteiger partial charge in [-0.05, 0) is 36.2 Å². The van der Waals surface area contributed by atoms with E-state index in [0.29, 0.717) is 10.6 Å². The Morgan fingerprint density at radius 3 is 2.37 bits per heavy atom. The molecular formula is C14H13ClF2N2. The molecule has 0 bridgehead atoms. The van der Waals surface area contributed by atoms with Crippen LogP contribution in [0.2, 0.25) is 5.02 Å². The minimum Gasteiger partial charge on any atom is -0.271 e. The van der Waals surface area contributed by atoms with Gasteiger partial charge in [0.05, 0.1) is 6.04 Å². The predicted molar refractivity (Wildman–Crippen MR) is 71.6 cm³/mol. The van der Waals surface area contributed by atoms with Crippen molar-refractivity contribution in [1.29, 1.82) is 0 Å². The Bertz CT molecular complexity index is 538. The fourth-order valence-corrected chi connectivity index (χ4v) is 2.14. The molecule has 19 heavy (non-hydrogen) atoms. The van der Waals surface area contributed by atoms with Crippen LogP contribution < -0.4 is 11.3 Å². The van der Waals surface area contributed by atoms with Gasteiger partial charge in [-0.2, -0.15) is 0 Å². The maximum atomic E-state index is 13.7. The third kappa shape index (κ3) is 3.29. The second-order valence-corrected chi connectivity index (χ2v) is 4.58. The molecule has 0 aliphatic heterocycles. The molecule has 0 heterocycles. The van der Waals surface area contributed by atoms with Crippen molar-refractivity contribution in [2.75, 3.05) is 0 Å². The molecule has 2 aromatic rings. The van der Waals surface area contributed by atoms with Gasteiger partial charge in [-0.3, -0.25) is 11.3 Å². The molecule has 2 rings (SSSR count). The van der Waals surface area contributed by atoms with Gasteiger partial charge in [0.2, 0.25) is 0 Å². The van der Waals surface area contributed by atoms with Gasteiger partial charge in [0.15, 0.2) is 0 Å². The van der Waals surface area contributed by atoms with E-state index in [-0.39, 0.29) is 24.1 Å². The summed E-state index contributed by atoms with van der Waals surface area (Å²) in [6.45, 7) is 0. The van der Waals surface area contributed by atoms with Crippen molar-refractivity contribution < 1.29 is 8.78 Å². The van der Waals surface area contributed by atoms with E-state index in [1.807, 2.05) is 0 Å². The maximum absolute atomic E-state index is 13.7. The normalized spacial score (nSPS) is 12.4. The first kappa shape index (κ1) is 13.9. The number of nitrogens with two attached hydrogens (primary N) is 1. The molecule has 0 saturated carbocycles. The van der Waals surface area contributed by atoms with Crippen molar-refractivity contribution in [3.63, 3.8) is 0 Å². The highest BCUT2D eigenvalue weighted by molar-refractivity contribution is 6.31. The van der Waals surface area contributed by atoms with E-state index in [9.17, 15) is 8.78 Å². The molecule has 0 radical (unpaired) electrons. The number of nitrogens with one attached hydrogen (secondary N) is 1. The van der Waals surface area contributed by atoms with Crippen LogP contribution in [-0.2, 0) is 6.42 Å². The zero-order valence-corrected chi connectivity index (χ0v) is 10.8. The molecular weight excluding hydrogens is 270 g/mol. The van der Waals surface area contributed by atoms with Crippen LogP contribution in [0.5, 0.6) is 0 Å². The molecule has 1 atom stereocenters. The van der Waals surface area contributed by atoms with Gasteiger partial charge in [0, 0.05) is 10.6 Å². The summed E-state index contributed by atoms with van der Waals surface area (Å²) in [7, 11) is 0. The van der Waals surface area contributed by atoms with Crippen molar-refractivity contribution in [1.82, 2.24) is 5.43 Å². The summed E-state index contributed by atoms with van der Waals surface area (Å²) >= 11 is 5.97. The quantitative estimate of drug-likeness (QED) is 0.666. The molecule has 5 heteroatoms. The topological polar surface area (TPSA) is 38.0 Å². The van der Waals surface area contributed by atoms with Crippen LogP contribution in [-0.4, -0.2) is 0 Å². The highest BCUT2D eigenvalue weighted by Gasteiger charge is 2.15. The summed E-state index contributed by atoms with van der Waals surface area (Å²) in [5.74, 6) is 4.77. The molecule has 0 aliphatic carbocycles. The molecule has 0 fully saturated rings. The Kier molecular flexibility index (Phi) is 4.47. The second-order valence-electron chi connectivity index (χ2n) is 4.18. The SMILES string of the molecule is NNC(Cc1c(F)cccc1Cl)c1ccc(F)cc1. The lowest BCUT2D eigenvalue weighted by Gasteiger charge is -2.17. The van der Waals surface area contributed by atoms with Crippen molar-refractivity contribution in [2.24, 2.45) is 5.84 Å². The van der Waals surface area contributed by atoms with Crippen LogP contribution in [0, 0.1) is 11.6 Å². The predicted octanol–water partition coefficient (Wildman–Crippen LogP) is 3.37. The summed E-state index contributed by atoms with van der Waals surface area (Å²) in [5, 5.41) is 0.349. The number of halogens is 3. The van der Waals surface area contributed by atoms with Crippen LogP contribution in [0.15, 0.2) is 42.5 Å². The van der Waals surface area contributed by atoms with E-state index in [2.05, 4.69) is 5.43 Å². The van der Waals surface area contributed by atoms with Gasteiger partial charge in [-0.15, -0.1) is 0 Å². The number of hydrogen-bond acceptors (Lipinski definition) is 2. The molecule has 0 aromatic heterocycles. The molecule has 3 N–H and O–H groups in total.